The smallest absolute Gasteiger partial charge is 0.244 e. The summed E-state index contributed by atoms with van der Waals surface area (Å²) in [7, 11) is 1.86. The minimum absolute atomic E-state index is 0.0486. The number of hydrogen-bond donors (Lipinski definition) is 1. The molecule has 4 heteroatoms. The average molecular weight is 396 g/mol. The summed E-state index contributed by atoms with van der Waals surface area (Å²) in [5, 5.41) is 4.57. The van der Waals surface area contributed by atoms with Gasteiger partial charge in [0.15, 0.2) is 0 Å². The Morgan fingerprint density at radius 3 is 2.40 bits per heavy atom. The lowest BCUT2D eigenvalue weighted by molar-refractivity contribution is -0.132. The van der Waals surface area contributed by atoms with Crippen molar-refractivity contribution in [3.05, 3.63) is 114 Å². The Kier molecular flexibility index (Phi) is 6.16. The highest BCUT2D eigenvalue weighted by Crippen LogP contribution is 2.19. The van der Waals surface area contributed by atoms with Crippen LogP contribution in [-0.4, -0.2) is 22.8 Å². The average Bonchev–Trinajstić information content (AvgIpc) is 2.80. The van der Waals surface area contributed by atoms with E-state index >= 15 is 0 Å². The van der Waals surface area contributed by atoms with Crippen LogP contribution in [0.3, 0.4) is 0 Å². The van der Waals surface area contributed by atoms with Gasteiger partial charge in [0.2, 0.25) is 5.91 Å². The van der Waals surface area contributed by atoms with Gasteiger partial charge in [-0.2, -0.15) is 0 Å². The van der Waals surface area contributed by atoms with Crippen molar-refractivity contribution in [2.24, 2.45) is 0 Å². The van der Waals surface area contributed by atoms with Crippen molar-refractivity contribution in [1.82, 2.24) is 15.2 Å². The number of carbonyl (C=O) groups is 1. The summed E-state index contributed by atoms with van der Waals surface area (Å²) in [6.45, 7) is 1.17. The SMILES string of the molecule is CN(Cc1ccccc1)C(=O)C(NCc1ccc2ncccc2c1)c1ccccc1. The monoisotopic (exact) mass is 395 g/mol. The Morgan fingerprint density at radius 2 is 1.63 bits per heavy atom. The molecule has 0 aliphatic rings. The predicted molar refractivity (Wildman–Crippen MR) is 121 cm³/mol. The van der Waals surface area contributed by atoms with Crippen LogP contribution in [0.2, 0.25) is 0 Å². The molecule has 0 aliphatic carbocycles. The van der Waals surface area contributed by atoms with Crippen LogP contribution in [0.5, 0.6) is 0 Å². The molecule has 0 aliphatic heterocycles. The molecule has 1 atom stereocenters. The number of benzene rings is 3. The lowest BCUT2D eigenvalue weighted by Gasteiger charge is -2.25. The first-order valence-corrected chi connectivity index (χ1v) is 10.1. The summed E-state index contributed by atoms with van der Waals surface area (Å²) >= 11 is 0. The Hall–Kier alpha value is -3.50. The first kappa shape index (κ1) is 19.8. The van der Waals surface area contributed by atoms with E-state index in [2.05, 4.69) is 28.5 Å². The number of nitrogens with one attached hydrogen (secondary N) is 1. The third-order valence-electron chi connectivity index (χ3n) is 5.20. The van der Waals surface area contributed by atoms with Crippen molar-refractivity contribution in [3.63, 3.8) is 0 Å². The first-order chi connectivity index (χ1) is 14.7. The Morgan fingerprint density at radius 1 is 0.900 bits per heavy atom. The molecule has 0 fully saturated rings. The molecule has 4 nitrogen and oxygen atoms in total. The molecule has 4 aromatic rings. The molecule has 0 bridgehead atoms. The van der Waals surface area contributed by atoms with Crippen molar-refractivity contribution in [3.8, 4) is 0 Å². The van der Waals surface area contributed by atoms with Crippen LogP contribution in [0.25, 0.3) is 10.9 Å². The summed E-state index contributed by atoms with van der Waals surface area (Å²) in [5.74, 6) is 0.0486. The zero-order valence-corrected chi connectivity index (χ0v) is 17.0. The number of nitrogens with zero attached hydrogens (tertiary/aromatic N) is 2. The van der Waals surface area contributed by atoms with Crippen LogP contribution in [0.4, 0.5) is 0 Å². The summed E-state index contributed by atoms with van der Waals surface area (Å²) in [6.07, 6.45) is 1.80. The lowest BCUT2D eigenvalue weighted by atomic mass is 10.0. The van der Waals surface area contributed by atoms with Gasteiger partial charge in [-0.15, -0.1) is 0 Å². The van der Waals surface area contributed by atoms with E-state index < -0.39 is 6.04 Å². The third kappa shape index (κ3) is 4.73. The van der Waals surface area contributed by atoms with Crippen LogP contribution < -0.4 is 5.32 Å². The van der Waals surface area contributed by atoms with Crippen LogP contribution in [0.1, 0.15) is 22.7 Å². The molecule has 0 spiro atoms. The lowest BCUT2D eigenvalue weighted by Crippen LogP contribution is -2.38. The molecule has 30 heavy (non-hydrogen) atoms. The first-order valence-electron chi connectivity index (χ1n) is 10.1. The molecule has 1 N–H and O–H groups in total. The number of amides is 1. The maximum atomic E-state index is 13.3. The molecule has 1 unspecified atom stereocenters. The number of rotatable bonds is 7. The molecule has 150 valence electrons. The van der Waals surface area contributed by atoms with Gasteiger partial charge in [-0.05, 0) is 34.9 Å². The van der Waals surface area contributed by atoms with Crippen molar-refractivity contribution < 1.29 is 4.79 Å². The van der Waals surface area contributed by atoms with E-state index in [-0.39, 0.29) is 5.91 Å². The highest BCUT2D eigenvalue weighted by atomic mass is 16.2. The fourth-order valence-electron chi connectivity index (χ4n) is 3.60. The quantitative estimate of drug-likeness (QED) is 0.492. The number of carbonyl (C=O) groups excluding carboxylic acids is 1. The third-order valence-corrected chi connectivity index (χ3v) is 5.20. The summed E-state index contributed by atoms with van der Waals surface area (Å²) in [4.78, 5) is 19.5. The molecule has 4 rings (SSSR count). The van der Waals surface area contributed by atoms with Crippen LogP contribution >= 0.6 is 0 Å². The van der Waals surface area contributed by atoms with E-state index in [4.69, 9.17) is 0 Å². The Bertz CT molecular complexity index is 1110. The summed E-state index contributed by atoms with van der Waals surface area (Å²) < 4.78 is 0. The van der Waals surface area contributed by atoms with E-state index in [9.17, 15) is 4.79 Å². The topological polar surface area (TPSA) is 45.2 Å². The van der Waals surface area contributed by atoms with Gasteiger partial charge in [-0.25, -0.2) is 0 Å². The van der Waals surface area contributed by atoms with Gasteiger partial charge in [0, 0.05) is 31.7 Å². The zero-order valence-electron chi connectivity index (χ0n) is 17.0. The van der Waals surface area contributed by atoms with Crippen molar-refractivity contribution in [2.75, 3.05) is 7.05 Å². The van der Waals surface area contributed by atoms with Crippen LogP contribution in [-0.2, 0) is 17.9 Å². The van der Waals surface area contributed by atoms with Gasteiger partial charge in [0.05, 0.1) is 5.52 Å². The van der Waals surface area contributed by atoms with E-state index in [1.165, 1.54) is 0 Å². The fourth-order valence-corrected chi connectivity index (χ4v) is 3.60. The molecule has 3 aromatic carbocycles. The minimum Gasteiger partial charge on any atom is -0.340 e. The van der Waals surface area contributed by atoms with Crippen molar-refractivity contribution in [2.45, 2.75) is 19.1 Å². The minimum atomic E-state index is -0.412. The number of fused-ring (bicyclic) bond motifs is 1. The highest BCUT2D eigenvalue weighted by Gasteiger charge is 2.23. The maximum absolute atomic E-state index is 13.3. The maximum Gasteiger partial charge on any atom is 0.244 e. The van der Waals surface area contributed by atoms with Gasteiger partial charge in [0.25, 0.3) is 0 Å². The van der Waals surface area contributed by atoms with Gasteiger partial charge in [-0.1, -0.05) is 72.8 Å². The second-order valence-electron chi connectivity index (χ2n) is 7.43. The molecule has 1 aromatic heterocycles. The van der Waals surface area contributed by atoms with Crippen LogP contribution in [0, 0.1) is 0 Å². The number of aromatic nitrogens is 1. The van der Waals surface area contributed by atoms with Gasteiger partial charge < -0.3 is 4.90 Å². The molecular formula is C26H25N3O. The Balaban J connectivity index is 1.52. The van der Waals surface area contributed by atoms with E-state index in [1.807, 2.05) is 79.8 Å². The van der Waals surface area contributed by atoms with E-state index in [0.29, 0.717) is 13.1 Å². The summed E-state index contributed by atoms with van der Waals surface area (Å²) in [5.41, 5.74) is 4.17. The number of pyridine rings is 1. The normalized spacial score (nSPS) is 11.9. The van der Waals surface area contributed by atoms with Crippen LogP contribution in [0.15, 0.2) is 97.2 Å². The van der Waals surface area contributed by atoms with Crippen molar-refractivity contribution >= 4 is 16.8 Å². The molecule has 0 saturated carbocycles. The Labute approximate surface area is 177 Å². The molecule has 0 saturated heterocycles. The summed E-state index contributed by atoms with van der Waals surface area (Å²) in [6, 6.07) is 29.7. The zero-order chi connectivity index (χ0) is 20.8. The molecule has 1 heterocycles. The second-order valence-corrected chi connectivity index (χ2v) is 7.43. The second kappa shape index (κ2) is 9.33. The number of hydrogen-bond acceptors (Lipinski definition) is 3. The molecule has 1 amide bonds. The van der Waals surface area contributed by atoms with Gasteiger partial charge in [-0.3, -0.25) is 15.1 Å². The highest BCUT2D eigenvalue weighted by molar-refractivity contribution is 5.83. The predicted octanol–water partition coefficient (Wildman–Crippen LogP) is 4.72. The fraction of sp³-hybridized carbons (Fsp3) is 0.154. The van der Waals surface area contributed by atoms with Gasteiger partial charge >= 0.3 is 0 Å². The molecule has 0 radical (unpaired) electrons. The van der Waals surface area contributed by atoms with Gasteiger partial charge in [0.1, 0.15) is 6.04 Å². The molecular weight excluding hydrogens is 370 g/mol. The van der Waals surface area contributed by atoms with E-state index in [1.54, 1.807) is 11.1 Å². The van der Waals surface area contributed by atoms with E-state index in [0.717, 1.165) is 27.6 Å². The standard InChI is InChI=1S/C26H25N3O/c1-29(19-20-9-4-2-5-10-20)26(30)25(22-11-6-3-7-12-22)28-18-21-14-15-24-23(17-21)13-8-16-27-24/h2-17,25,28H,18-19H2,1H3. The van der Waals surface area contributed by atoms with Crippen molar-refractivity contribution in [1.29, 1.82) is 0 Å². The number of likely N-dealkylation sites (N-methyl/N-ethyl adjacent to an activating group) is 1. The largest absolute Gasteiger partial charge is 0.340 e.